The summed E-state index contributed by atoms with van der Waals surface area (Å²) in [6.07, 6.45) is 1.94. The molecule has 1 amide bonds. The SMILES string of the molecule is Cc1noc(C)c1S(=O)(=O)NC(CCCCNC1=NCCN1)(NC(=O)c1cccc2[nH]ncc12)C(=O)O. The summed E-state index contributed by atoms with van der Waals surface area (Å²) in [6, 6.07) is 4.82. The minimum atomic E-state index is -4.46. The second-order valence-electron chi connectivity index (χ2n) is 8.60. The molecule has 198 valence electrons. The molecule has 0 aliphatic carbocycles. The summed E-state index contributed by atoms with van der Waals surface area (Å²) in [7, 11) is -4.46. The van der Waals surface area contributed by atoms with Gasteiger partial charge in [-0.1, -0.05) is 11.2 Å². The first kappa shape index (κ1) is 26.1. The molecule has 14 nitrogen and oxygen atoms in total. The second-order valence-corrected chi connectivity index (χ2v) is 10.2. The molecule has 1 aromatic carbocycles. The van der Waals surface area contributed by atoms with Gasteiger partial charge in [0.25, 0.3) is 5.91 Å². The van der Waals surface area contributed by atoms with Gasteiger partial charge in [0.15, 0.2) is 11.7 Å². The average molecular weight is 533 g/mol. The van der Waals surface area contributed by atoms with Gasteiger partial charge in [-0.2, -0.15) is 9.82 Å². The Morgan fingerprint density at radius 3 is 2.73 bits per heavy atom. The molecule has 0 saturated carbocycles. The minimum absolute atomic E-state index is 0.00665. The van der Waals surface area contributed by atoms with E-state index in [-0.39, 0.29) is 34.8 Å². The maximum absolute atomic E-state index is 13.3. The summed E-state index contributed by atoms with van der Waals surface area (Å²) in [5.74, 6) is -1.69. The van der Waals surface area contributed by atoms with Crippen LogP contribution in [0.4, 0.5) is 0 Å². The number of carboxylic acid groups (broad SMARTS) is 1. The van der Waals surface area contributed by atoms with E-state index in [1.54, 1.807) is 12.1 Å². The number of benzene rings is 1. The van der Waals surface area contributed by atoms with Gasteiger partial charge in [0, 0.05) is 18.5 Å². The van der Waals surface area contributed by atoms with Crippen LogP contribution in [0.15, 0.2) is 38.8 Å². The van der Waals surface area contributed by atoms with Gasteiger partial charge in [-0.3, -0.25) is 14.9 Å². The van der Waals surface area contributed by atoms with E-state index in [0.717, 1.165) is 6.54 Å². The number of aromatic nitrogens is 3. The number of unbranched alkanes of at least 4 members (excludes halogenated alkanes) is 1. The van der Waals surface area contributed by atoms with E-state index in [1.165, 1.54) is 26.1 Å². The van der Waals surface area contributed by atoms with Crippen LogP contribution in [-0.4, -0.2) is 72.0 Å². The van der Waals surface area contributed by atoms with Crippen molar-refractivity contribution in [1.29, 1.82) is 0 Å². The molecule has 3 aromatic rings. The van der Waals surface area contributed by atoms with Crippen molar-refractivity contribution in [1.82, 2.24) is 36.0 Å². The number of carbonyl (C=O) groups is 2. The van der Waals surface area contributed by atoms with Crippen LogP contribution in [0.5, 0.6) is 0 Å². The number of aliphatic carboxylic acids is 1. The lowest BCUT2D eigenvalue weighted by Gasteiger charge is -2.31. The van der Waals surface area contributed by atoms with Gasteiger partial charge in [-0.25, -0.2) is 13.2 Å². The van der Waals surface area contributed by atoms with E-state index in [2.05, 4.69) is 41.0 Å². The van der Waals surface area contributed by atoms with Crippen molar-refractivity contribution in [2.45, 2.75) is 43.7 Å². The van der Waals surface area contributed by atoms with Crippen molar-refractivity contribution in [2.24, 2.45) is 4.99 Å². The van der Waals surface area contributed by atoms with E-state index in [0.29, 0.717) is 36.4 Å². The number of rotatable bonds is 11. The zero-order valence-electron chi connectivity index (χ0n) is 20.3. The van der Waals surface area contributed by atoms with Crippen LogP contribution >= 0.6 is 0 Å². The molecule has 1 aliphatic heterocycles. The predicted octanol–water partition coefficient (Wildman–Crippen LogP) is 0.376. The highest BCUT2D eigenvalue weighted by molar-refractivity contribution is 7.89. The number of sulfonamides is 1. The van der Waals surface area contributed by atoms with Crippen molar-refractivity contribution in [3.8, 4) is 0 Å². The Bertz CT molecular complexity index is 1430. The number of nitrogens with zero attached hydrogens (tertiary/aromatic N) is 3. The molecule has 0 radical (unpaired) electrons. The van der Waals surface area contributed by atoms with E-state index >= 15 is 0 Å². The van der Waals surface area contributed by atoms with Crippen molar-refractivity contribution in [3.63, 3.8) is 0 Å². The number of amides is 1. The van der Waals surface area contributed by atoms with Gasteiger partial charge in [0.2, 0.25) is 15.7 Å². The van der Waals surface area contributed by atoms with Crippen LogP contribution in [0.1, 0.15) is 41.1 Å². The highest BCUT2D eigenvalue weighted by Gasteiger charge is 2.45. The number of carboxylic acids is 1. The summed E-state index contributed by atoms with van der Waals surface area (Å²) in [5.41, 5.74) is -1.59. The normalized spacial score (nSPS) is 15.1. The zero-order valence-corrected chi connectivity index (χ0v) is 21.1. The maximum Gasteiger partial charge on any atom is 0.345 e. The van der Waals surface area contributed by atoms with Crippen molar-refractivity contribution in [3.05, 3.63) is 41.4 Å². The number of aliphatic imine (C=N–C) groups is 1. The number of nitrogens with one attached hydrogen (secondary N) is 5. The molecular weight excluding hydrogens is 504 g/mol. The first-order valence-corrected chi connectivity index (χ1v) is 13.1. The summed E-state index contributed by atoms with van der Waals surface area (Å²) in [6.45, 7) is 4.71. The van der Waals surface area contributed by atoms with Crippen LogP contribution in [-0.2, 0) is 14.8 Å². The number of hydrogen-bond acceptors (Lipinski definition) is 10. The smallest absolute Gasteiger partial charge is 0.345 e. The Morgan fingerprint density at radius 1 is 1.24 bits per heavy atom. The Labute approximate surface area is 212 Å². The van der Waals surface area contributed by atoms with Crippen LogP contribution in [0, 0.1) is 13.8 Å². The third-order valence-corrected chi connectivity index (χ3v) is 7.65. The first-order chi connectivity index (χ1) is 17.6. The lowest BCUT2D eigenvalue weighted by Crippen LogP contribution is -2.65. The number of fused-ring (bicyclic) bond motifs is 1. The monoisotopic (exact) mass is 532 g/mol. The first-order valence-electron chi connectivity index (χ1n) is 11.6. The molecule has 15 heteroatoms. The molecule has 0 saturated heterocycles. The molecule has 0 spiro atoms. The fraction of sp³-hybridized carbons (Fsp3) is 0.409. The molecule has 4 rings (SSSR count). The standard InChI is InChI=1S/C22H28N8O6S/c1-13-18(14(2)36-29-13)37(34,35)30-22(20(32)33,8-3-4-9-23-21-24-10-11-25-21)27-19(31)15-6-5-7-17-16(15)12-26-28-17/h5-7,12,30H,3-4,8-11H2,1-2H3,(H,26,28)(H,27,31)(H,32,33)(H2,23,24,25). The third-order valence-electron chi connectivity index (χ3n) is 5.91. The van der Waals surface area contributed by atoms with Gasteiger partial charge in [-0.05, 0) is 45.2 Å². The Morgan fingerprint density at radius 2 is 2.05 bits per heavy atom. The second kappa shape index (κ2) is 10.6. The highest BCUT2D eigenvalue weighted by atomic mass is 32.2. The molecule has 0 bridgehead atoms. The topological polar surface area (TPSA) is 204 Å². The predicted molar refractivity (Wildman–Crippen MR) is 132 cm³/mol. The molecule has 1 unspecified atom stereocenters. The number of guanidine groups is 1. The van der Waals surface area contributed by atoms with Gasteiger partial charge >= 0.3 is 5.97 Å². The molecule has 1 atom stereocenters. The number of hydrogen-bond donors (Lipinski definition) is 6. The van der Waals surface area contributed by atoms with Crippen LogP contribution in [0.25, 0.3) is 10.9 Å². The number of aromatic amines is 1. The molecule has 6 N–H and O–H groups in total. The fourth-order valence-corrected chi connectivity index (χ4v) is 5.79. The van der Waals surface area contributed by atoms with Crippen molar-refractivity contribution >= 4 is 38.8 Å². The fourth-order valence-electron chi connectivity index (χ4n) is 4.15. The van der Waals surface area contributed by atoms with E-state index < -0.39 is 27.6 Å². The van der Waals surface area contributed by atoms with Crippen molar-refractivity contribution in [2.75, 3.05) is 19.6 Å². The number of H-pyrrole nitrogens is 1. The van der Waals surface area contributed by atoms with Gasteiger partial charge in [0.1, 0.15) is 10.6 Å². The molecular formula is C22H28N8O6S. The summed E-state index contributed by atoms with van der Waals surface area (Å²) in [4.78, 5) is 29.9. The van der Waals surface area contributed by atoms with Crippen molar-refractivity contribution < 1.29 is 27.6 Å². The quantitative estimate of drug-likeness (QED) is 0.148. The highest BCUT2D eigenvalue weighted by Crippen LogP contribution is 2.24. The summed E-state index contributed by atoms with van der Waals surface area (Å²) < 4.78 is 33.9. The maximum atomic E-state index is 13.3. The van der Waals surface area contributed by atoms with E-state index in [4.69, 9.17) is 4.52 Å². The Hall–Kier alpha value is -3.98. The number of carbonyl (C=O) groups excluding carboxylic acids is 1. The largest absolute Gasteiger partial charge is 0.478 e. The summed E-state index contributed by atoms with van der Waals surface area (Å²) >= 11 is 0. The third kappa shape index (κ3) is 5.56. The van der Waals surface area contributed by atoms with E-state index in [1.807, 2.05) is 0 Å². The van der Waals surface area contributed by atoms with Crippen LogP contribution in [0.3, 0.4) is 0 Å². The van der Waals surface area contributed by atoms with E-state index in [9.17, 15) is 23.1 Å². The lowest BCUT2D eigenvalue weighted by molar-refractivity contribution is -0.145. The van der Waals surface area contributed by atoms with Gasteiger partial charge in [-0.15, -0.1) is 0 Å². The Balaban J connectivity index is 1.61. The van der Waals surface area contributed by atoms with Crippen LogP contribution in [0.2, 0.25) is 0 Å². The molecule has 37 heavy (non-hydrogen) atoms. The van der Waals surface area contributed by atoms with Gasteiger partial charge < -0.3 is 25.6 Å². The molecule has 2 aromatic heterocycles. The number of aryl methyl sites for hydroxylation is 2. The molecule has 3 heterocycles. The van der Waals surface area contributed by atoms with Gasteiger partial charge in [0.05, 0.1) is 23.8 Å². The molecule has 1 aliphatic rings. The summed E-state index contributed by atoms with van der Waals surface area (Å²) in [5, 5.41) is 29.7. The minimum Gasteiger partial charge on any atom is -0.478 e. The zero-order chi connectivity index (χ0) is 26.6. The Kier molecular flexibility index (Phi) is 7.45. The lowest BCUT2D eigenvalue weighted by atomic mass is 10.0. The molecule has 0 fully saturated rings. The average Bonchev–Trinajstić information content (AvgIpc) is 3.59. The van der Waals surface area contributed by atoms with Crippen LogP contribution < -0.4 is 20.7 Å².